The average molecular weight is 393 g/mol. The van der Waals surface area contributed by atoms with Crippen molar-refractivity contribution in [2.45, 2.75) is 6.42 Å². The number of aliphatic hydroxyl groups is 1. The Balaban J connectivity index is 1.87. The van der Waals surface area contributed by atoms with Crippen molar-refractivity contribution in [2.24, 2.45) is 7.05 Å². The summed E-state index contributed by atoms with van der Waals surface area (Å²) in [4.78, 5) is 47.0. The van der Waals surface area contributed by atoms with E-state index >= 15 is 0 Å². The number of aryl methyl sites for hydroxylation is 1. The zero-order valence-corrected chi connectivity index (χ0v) is 16.0. The van der Waals surface area contributed by atoms with Crippen LogP contribution in [-0.2, 0) is 11.8 Å². The van der Waals surface area contributed by atoms with E-state index in [1.165, 1.54) is 15.8 Å². The molecule has 1 amide bonds. The van der Waals surface area contributed by atoms with Crippen LogP contribution in [-0.4, -0.2) is 51.5 Å². The minimum Gasteiger partial charge on any atom is -0.396 e. The molecule has 148 valence electrons. The van der Waals surface area contributed by atoms with Gasteiger partial charge in [-0.25, -0.2) is 9.97 Å². The second-order valence-corrected chi connectivity index (χ2v) is 6.84. The lowest BCUT2D eigenvalue weighted by Gasteiger charge is -2.12. The summed E-state index contributed by atoms with van der Waals surface area (Å²) in [6.45, 7) is 0.442. The molecule has 9 heteroatoms. The van der Waals surface area contributed by atoms with E-state index < -0.39 is 11.7 Å². The number of carbonyl (C=O) groups is 2. The summed E-state index contributed by atoms with van der Waals surface area (Å²) in [5, 5.41) is 12.5. The first-order valence-electron chi connectivity index (χ1n) is 9.10. The highest BCUT2D eigenvalue weighted by molar-refractivity contribution is 6.52. The number of anilines is 2. The quantitative estimate of drug-likeness (QED) is 0.489. The van der Waals surface area contributed by atoms with Gasteiger partial charge in [0.2, 0.25) is 0 Å². The van der Waals surface area contributed by atoms with Crippen LogP contribution >= 0.6 is 0 Å². The Morgan fingerprint density at radius 2 is 1.93 bits per heavy atom. The molecule has 29 heavy (non-hydrogen) atoms. The van der Waals surface area contributed by atoms with Gasteiger partial charge >= 0.3 is 0 Å². The largest absolute Gasteiger partial charge is 0.396 e. The molecule has 0 unspecified atom stereocenters. The molecule has 9 nitrogen and oxygen atoms in total. The summed E-state index contributed by atoms with van der Waals surface area (Å²) in [5.74, 6) is -0.766. The van der Waals surface area contributed by atoms with E-state index in [1.807, 2.05) is 0 Å². The number of aliphatic hydroxyl groups excluding tert-OH is 1. The Labute approximate surface area is 165 Å². The predicted molar refractivity (Wildman–Crippen MR) is 108 cm³/mol. The summed E-state index contributed by atoms with van der Waals surface area (Å²) in [7, 11) is 3.17. The number of Topliss-reactive ketones (excluding diaryl/α,β-unsaturated/α-hetero) is 1. The van der Waals surface area contributed by atoms with Crippen molar-refractivity contribution in [3.8, 4) is 11.3 Å². The first kappa shape index (κ1) is 18.8. The molecule has 1 aliphatic rings. The highest BCUT2D eigenvalue weighted by Crippen LogP contribution is 2.33. The van der Waals surface area contributed by atoms with Gasteiger partial charge in [0, 0.05) is 32.8 Å². The summed E-state index contributed by atoms with van der Waals surface area (Å²) >= 11 is 0. The maximum Gasteiger partial charge on any atom is 0.299 e. The molecule has 2 N–H and O–H groups in total. The summed E-state index contributed by atoms with van der Waals surface area (Å²) < 4.78 is 1.37. The number of nitrogens with zero attached hydrogens (tertiary/aromatic N) is 4. The first-order chi connectivity index (χ1) is 13.9. The van der Waals surface area contributed by atoms with Gasteiger partial charge in [0.1, 0.15) is 11.2 Å². The number of ketones is 1. The number of aromatic nitrogens is 3. The Morgan fingerprint density at radius 1 is 1.14 bits per heavy atom. The van der Waals surface area contributed by atoms with Crippen LogP contribution in [0.5, 0.6) is 0 Å². The number of rotatable bonds is 5. The third-order valence-corrected chi connectivity index (χ3v) is 4.93. The minimum absolute atomic E-state index is 0.00929. The lowest BCUT2D eigenvalue weighted by molar-refractivity contribution is -0.114. The van der Waals surface area contributed by atoms with Crippen molar-refractivity contribution in [1.29, 1.82) is 0 Å². The average Bonchev–Trinajstić information content (AvgIpc) is 2.94. The number of fused-ring (bicyclic) bond motifs is 2. The van der Waals surface area contributed by atoms with Gasteiger partial charge in [-0.15, -0.1) is 0 Å². The zero-order valence-electron chi connectivity index (χ0n) is 16.0. The van der Waals surface area contributed by atoms with E-state index in [2.05, 4.69) is 15.3 Å². The van der Waals surface area contributed by atoms with Crippen LogP contribution in [0, 0.1) is 0 Å². The monoisotopic (exact) mass is 393 g/mol. The molecule has 0 saturated carbocycles. The fraction of sp³-hybridized carbons (Fsp3) is 0.250. The minimum atomic E-state index is -0.569. The van der Waals surface area contributed by atoms with Gasteiger partial charge in [-0.2, -0.15) is 0 Å². The number of benzene rings is 1. The number of nitrogens with one attached hydrogen (secondary N) is 1. The Morgan fingerprint density at radius 3 is 2.69 bits per heavy atom. The summed E-state index contributed by atoms with van der Waals surface area (Å²) in [6.07, 6.45) is 1.93. The van der Waals surface area contributed by atoms with Crippen LogP contribution in [0.4, 0.5) is 11.5 Å². The molecule has 1 aromatic carbocycles. The summed E-state index contributed by atoms with van der Waals surface area (Å²) in [6, 6.07) is 6.79. The molecule has 0 aliphatic carbocycles. The highest BCUT2D eigenvalue weighted by atomic mass is 16.3. The van der Waals surface area contributed by atoms with Crippen LogP contribution < -0.4 is 15.8 Å². The molecule has 4 rings (SSSR count). The Kier molecular flexibility index (Phi) is 4.59. The van der Waals surface area contributed by atoms with Crippen molar-refractivity contribution in [3.63, 3.8) is 0 Å². The molecule has 0 spiro atoms. The van der Waals surface area contributed by atoms with Gasteiger partial charge < -0.3 is 19.9 Å². The van der Waals surface area contributed by atoms with Crippen LogP contribution in [0.3, 0.4) is 0 Å². The van der Waals surface area contributed by atoms with Crippen molar-refractivity contribution in [2.75, 3.05) is 30.4 Å². The van der Waals surface area contributed by atoms with Crippen LogP contribution in [0.2, 0.25) is 0 Å². The van der Waals surface area contributed by atoms with E-state index in [-0.39, 0.29) is 12.2 Å². The maximum absolute atomic E-state index is 12.6. The van der Waals surface area contributed by atoms with Gasteiger partial charge in [-0.1, -0.05) is 6.07 Å². The van der Waals surface area contributed by atoms with E-state index in [0.717, 1.165) is 0 Å². The molecule has 1 aliphatic heterocycles. The van der Waals surface area contributed by atoms with Crippen molar-refractivity contribution < 1.29 is 14.7 Å². The van der Waals surface area contributed by atoms with Gasteiger partial charge in [0.25, 0.3) is 17.2 Å². The van der Waals surface area contributed by atoms with Crippen molar-refractivity contribution in [1.82, 2.24) is 14.5 Å². The van der Waals surface area contributed by atoms with E-state index in [0.29, 0.717) is 52.2 Å². The SMILES string of the molecule is CN1C(=O)C(=O)c2cc(-c3cc4ncn(C)c(=O)c4c(NCCCO)n3)ccc21. The van der Waals surface area contributed by atoms with Crippen molar-refractivity contribution in [3.05, 3.63) is 46.5 Å². The molecule has 0 fully saturated rings. The van der Waals surface area contributed by atoms with E-state index in [4.69, 9.17) is 5.11 Å². The number of pyridine rings is 1. The van der Waals surface area contributed by atoms with Crippen LogP contribution in [0.25, 0.3) is 22.2 Å². The molecular weight excluding hydrogens is 374 g/mol. The van der Waals surface area contributed by atoms with E-state index in [9.17, 15) is 14.4 Å². The third kappa shape index (κ3) is 3.05. The lowest BCUT2D eigenvalue weighted by atomic mass is 10.0. The molecule has 3 heterocycles. The lowest BCUT2D eigenvalue weighted by Crippen LogP contribution is -2.24. The normalized spacial score (nSPS) is 13.3. The zero-order chi connectivity index (χ0) is 20.7. The first-order valence-corrected chi connectivity index (χ1v) is 9.10. The molecule has 0 bridgehead atoms. The molecule has 3 aromatic rings. The predicted octanol–water partition coefficient (Wildman–Crippen LogP) is 0.949. The molecular formula is C20H19N5O4. The van der Waals surface area contributed by atoms with E-state index in [1.54, 1.807) is 38.4 Å². The molecule has 0 radical (unpaired) electrons. The number of hydrogen-bond donors (Lipinski definition) is 2. The second-order valence-electron chi connectivity index (χ2n) is 6.84. The van der Waals surface area contributed by atoms with Gasteiger partial charge in [0.05, 0.1) is 28.8 Å². The van der Waals surface area contributed by atoms with Gasteiger partial charge in [-0.05, 0) is 24.6 Å². The second kappa shape index (κ2) is 7.10. The smallest absolute Gasteiger partial charge is 0.299 e. The fourth-order valence-electron chi connectivity index (χ4n) is 3.33. The third-order valence-electron chi connectivity index (χ3n) is 4.93. The number of hydrogen-bond acceptors (Lipinski definition) is 7. The number of likely N-dealkylation sites (N-methyl/N-ethyl adjacent to an activating group) is 1. The topological polar surface area (TPSA) is 117 Å². The summed E-state index contributed by atoms with van der Waals surface area (Å²) in [5.41, 5.74) is 2.25. The molecule has 2 aromatic heterocycles. The standard InChI is InChI=1S/C20H19N5O4/c1-24-10-22-14-9-13(23-18(16(14)19(24)28)21-6-3-7-26)11-4-5-15-12(8-11)17(27)20(29)25(15)2/h4-5,8-10,26H,3,6-7H2,1-2H3,(H,21,23). The maximum atomic E-state index is 12.6. The Hall–Kier alpha value is -3.59. The van der Waals surface area contributed by atoms with Crippen LogP contribution in [0.1, 0.15) is 16.8 Å². The van der Waals surface area contributed by atoms with Crippen molar-refractivity contribution >= 4 is 34.1 Å². The molecule has 0 atom stereocenters. The number of amides is 1. The van der Waals surface area contributed by atoms with Gasteiger partial charge in [0.15, 0.2) is 0 Å². The number of carbonyl (C=O) groups excluding carboxylic acids is 2. The van der Waals surface area contributed by atoms with Crippen LogP contribution in [0.15, 0.2) is 35.4 Å². The fourth-order valence-corrected chi connectivity index (χ4v) is 3.33. The Bertz CT molecular complexity index is 1220. The highest BCUT2D eigenvalue weighted by Gasteiger charge is 2.33. The van der Waals surface area contributed by atoms with Gasteiger partial charge in [-0.3, -0.25) is 14.4 Å². The molecule has 0 saturated heterocycles.